The standard InChI is InChI=1S/C18H28N2O4/c1-18(17(22)24-14-10-6-3-7-11-14)12-15(19-20-18)16(21)23-13-8-4-2-5-9-13/h13-14,20H,2-12H2,1H3. The largest absolute Gasteiger partial charge is 0.461 e. The normalized spacial score (nSPS) is 28.8. The molecule has 0 amide bonds. The molecule has 0 saturated heterocycles. The molecule has 2 saturated carbocycles. The zero-order chi connectivity index (χ0) is 17.0. The fourth-order valence-corrected chi connectivity index (χ4v) is 3.71. The Morgan fingerprint density at radius 1 is 0.958 bits per heavy atom. The van der Waals surface area contributed by atoms with Gasteiger partial charge in [0, 0.05) is 6.42 Å². The molecule has 3 aliphatic rings. The molecule has 6 heteroatoms. The lowest BCUT2D eigenvalue weighted by atomic mass is 9.95. The highest BCUT2D eigenvalue weighted by Crippen LogP contribution is 2.26. The van der Waals surface area contributed by atoms with Crippen molar-refractivity contribution < 1.29 is 19.1 Å². The van der Waals surface area contributed by atoms with Gasteiger partial charge >= 0.3 is 11.9 Å². The maximum absolute atomic E-state index is 12.5. The van der Waals surface area contributed by atoms with Gasteiger partial charge in [0.15, 0.2) is 5.54 Å². The smallest absolute Gasteiger partial charge is 0.354 e. The van der Waals surface area contributed by atoms with Gasteiger partial charge in [-0.2, -0.15) is 5.10 Å². The van der Waals surface area contributed by atoms with Crippen LogP contribution in [0.4, 0.5) is 0 Å². The molecule has 1 atom stereocenters. The summed E-state index contributed by atoms with van der Waals surface area (Å²) in [5, 5.41) is 4.06. The topological polar surface area (TPSA) is 77.0 Å². The van der Waals surface area contributed by atoms with Gasteiger partial charge in [0.25, 0.3) is 0 Å². The lowest BCUT2D eigenvalue weighted by Gasteiger charge is -2.27. The predicted molar refractivity (Wildman–Crippen MR) is 89.5 cm³/mol. The molecule has 1 heterocycles. The Morgan fingerprint density at radius 2 is 1.50 bits per heavy atom. The van der Waals surface area contributed by atoms with Gasteiger partial charge in [-0.05, 0) is 58.3 Å². The highest BCUT2D eigenvalue weighted by atomic mass is 16.6. The van der Waals surface area contributed by atoms with Crippen molar-refractivity contribution in [1.29, 1.82) is 0 Å². The fraction of sp³-hybridized carbons (Fsp3) is 0.833. The van der Waals surface area contributed by atoms with E-state index in [4.69, 9.17) is 9.47 Å². The third-order valence-electron chi connectivity index (χ3n) is 5.30. The van der Waals surface area contributed by atoms with Crippen molar-refractivity contribution >= 4 is 17.7 Å². The van der Waals surface area contributed by atoms with Crippen LogP contribution < -0.4 is 5.43 Å². The van der Waals surface area contributed by atoms with Crippen LogP contribution in [0.15, 0.2) is 5.10 Å². The van der Waals surface area contributed by atoms with Gasteiger partial charge in [0.2, 0.25) is 0 Å². The van der Waals surface area contributed by atoms with Crippen molar-refractivity contribution in [3.05, 3.63) is 0 Å². The Hall–Kier alpha value is -1.59. The highest BCUT2D eigenvalue weighted by molar-refractivity contribution is 6.37. The van der Waals surface area contributed by atoms with Crippen LogP contribution in [0.5, 0.6) is 0 Å². The Balaban J connectivity index is 1.50. The number of rotatable bonds is 4. The van der Waals surface area contributed by atoms with E-state index in [1.165, 1.54) is 12.8 Å². The molecule has 0 radical (unpaired) electrons. The van der Waals surface area contributed by atoms with Crippen LogP contribution in [-0.4, -0.2) is 35.4 Å². The minimum absolute atomic E-state index is 0.00288. The molecule has 0 aromatic heterocycles. The van der Waals surface area contributed by atoms with Crippen LogP contribution in [0, 0.1) is 0 Å². The van der Waals surface area contributed by atoms with E-state index in [9.17, 15) is 9.59 Å². The van der Waals surface area contributed by atoms with Crippen LogP contribution in [-0.2, 0) is 19.1 Å². The van der Waals surface area contributed by atoms with Gasteiger partial charge < -0.3 is 9.47 Å². The Bertz CT molecular complexity index is 507. The lowest BCUT2D eigenvalue weighted by molar-refractivity contribution is -0.157. The van der Waals surface area contributed by atoms with Crippen LogP contribution in [0.25, 0.3) is 0 Å². The molecular weight excluding hydrogens is 308 g/mol. The Morgan fingerprint density at radius 3 is 2.08 bits per heavy atom. The third kappa shape index (κ3) is 4.08. The minimum atomic E-state index is -0.960. The molecular formula is C18H28N2O4. The second-order valence-corrected chi connectivity index (χ2v) is 7.51. The molecule has 6 nitrogen and oxygen atoms in total. The summed E-state index contributed by atoms with van der Waals surface area (Å²) in [4.78, 5) is 24.8. The van der Waals surface area contributed by atoms with Crippen molar-refractivity contribution in [2.45, 2.75) is 95.3 Å². The summed E-state index contributed by atoms with van der Waals surface area (Å²) in [6.07, 6.45) is 10.8. The maximum atomic E-state index is 12.5. The van der Waals surface area contributed by atoms with Crippen molar-refractivity contribution in [2.75, 3.05) is 0 Å². The van der Waals surface area contributed by atoms with Gasteiger partial charge in [-0.15, -0.1) is 0 Å². The van der Waals surface area contributed by atoms with Crippen molar-refractivity contribution in [1.82, 2.24) is 5.43 Å². The predicted octanol–water partition coefficient (Wildman–Crippen LogP) is 2.85. The minimum Gasteiger partial charge on any atom is -0.461 e. The van der Waals surface area contributed by atoms with Crippen LogP contribution >= 0.6 is 0 Å². The molecule has 1 unspecified atom stereocenters. The number of hydrogen-bond donors (Lipinski definition) is 1. The molecule has 1 N–H and O–H groups in total. The average molecular weight is 336 g/mol. The summed E-state index contributed by atoms with van der Waals surface area (Å²) in [6, 6.07) is 0. The Kier molecular flexibility index (Phi) is 5.41. The molecule has 0 spiro atoms. The van der Waals surface area contributed by atoms with E-state index in [0.717, 1.165) is 51.4 Å². The van der Waals surface area contributed by atoms with E-state index in [1.54, 1.807) is 6.92 Å². The zero-order valence-corrected chi connectivity index (χ0v) is 14.5. The lowest BCUT2D eigenvalue weighted by Crippen LogP contribution is -2.47. The maximum Gasteiger partial charge on any atom is 0.354 e. The number of hydrazone groups is 1. The number of hydrogen-bond acceptors (Lipinski definition) is 6. The van der Waals surface area contributed by atoms with Gasteiger partial charge in [-0.25, -0.2) is 9.59 Å². The summed E-state index contributed by atoms with van der Waals surface area (Å²) in [6.45, 7) is 1.74. The summed E-state index contributed by atoms with van der Waals surface area (Å²) in [7, 11) is 0. The third-order valence-corrected chi connectivity index (χ3v) is 5.30. The summed E-state index contributed by atoms with van der Waals surface area (Å²) in [5.41, 5.74) is 2.14. The first-order chi connectivity index (χ1) is 11.6. The van der Waals surface area contributed by atoms with E-state index in [1.807, 2.05) is 0 Å². The number of nitrogens with zero attached hydrogens (tertiary/aromatic N) is 1. The number of nitrogens with one attached hydrogen (secondary N) is 1. The fourth-order valence-electron chi connectivity index (χ4n) is 3.71. The van der Waals surface area contributed by atoms with Crippen molar-refractivity contribution in [2.24, 2.45) is 5.10 Å². The quantitative estimate of drug-likeness (QED) is 0.799. The molecule has 2 fully saturated rings. The van der Waals surface area contributed by atoms with E-state index < -0.39 is 11.5 Å². The molecule has 2 aliphatic carbocycles. The molecule has 24 heavy (non-hydrogen) atoms. The van der Waals surface area contributed by atoms with Gasteiger partial charge in [0.05, 0.1) is 0 Å². The van der Waals surface area contributed by atoms with Crippen molar-refractivity contribution in [3.63, 3.8) is 0 Å². The van der Waals surface area contributed by atoms with Crippen LogP contribution in [0.2, 0.25) is 0 Å². The molecule has 0 aromatic carbocycles. The number of esters is 2. The van der Waals surface area contributed by atoms with E-state index in [2.05, 4.69) is 10.5 Å². The van der Waals surface area contributed by atoms with Gasteiger partial charge in [-0.3, -0.25) is 5.43 Å². The molecule has 0 bridgehead atoms. The number of ether oxygens (including phenoxy) is 2. The second kappa shape index (κ2) is 7.53. The van der Waals surface area contributed by atoms with Gasteiger partial charge in [0.1, 0.15) is 17.9 Å². The SMILES string of the molecule is CC1(C(=O)OC2CCCCC2)CC(C(=O)OC2CCCCC2)=NN1. The first kappa shape index (κ1) is 17.2. The molecule has 3 rings (SSSR count). The van der Waals surface area contributed by atoms with Crippen molar-refractivity contribution in [3.8, 4) is 0 Å². The van der Waals surface area contributed by atoms with Crippen LogP contribution in [0.3, 0.4) is 0 Å². The highest BCUT2D eigenvalue weighted by Gasteiger charge is 2.43. The first-order valence-corrected chi connectivity index (χ1v) is 9.33. The zero-order valence-electron chi connectivity index (χ0n) is 14.5. The second-order valence-electron chi connectivity index (χ2n) is 7.51. The number of carbonyl (C=O) groups excluding carboxylic acids is 2. The average Bonchev–Trinajstić information content (AvgIpc) is 3.01. The van der Waals surface area contributed by atoms with E-state index in [-0.39, 0.29) is 24.6 Å². The molecule has 134 valence electrons. The first-order valence-electron chi connectivity index (χ1n) is 9.33. The summed E-state index contributed by atoms with van der Waals surface area (Å²) >= 11 is 0. The molecule has 1 aliphatic heterocycles. The monoisotopic (exact) mass is 336 g/mol. The van der Waals surface area contributed by atoms with Gasteiger partial charge in [-0.1, -0.05) is 12.8 Å². The summed E-state index contributed by atoms with van der Waals surface area (Å²) in [5.74, 6) is -0.720. The van der Waals surface area contributed by atoms with Crippen LogP contribution in [0.1, 0.15) is 77.6 Å². The van der Waals surface area contributed by atoms with E-state index >= 15 is 0 Å². The Labute approximate surface area is 143 Å². The molecule has 0 aromatic rings. The summed E-state index contributed by atoms with van der Waals surface area (Å²) < 4.78 is 11.2. The van der Waals surface area contributed by atoms with E-state index in [0.29, 0.717) is 5.71 Å². The number of carbonyl (C=O) groups is 2.